The SMILES string of the molecule is CC1(C)CC(N(Cc2ccccc2)C(=O)O)CC(C)(C)N1.Cl. The van der Waals surface area contributed by atoms with Crippen molar-refractivity contribution in [1.82, 2.24) is 10.2 Å². The maximum atomic E-state index is 11.7. The first kappa shape index (κ1) is 18.8. The van der Waals surface area contributed by atoms with Crippen LogP contribution in [0.5, 0.6) is 0 Å². The van der Waals surface area contributed by atoms with Gasteiger partial charge < -0.3 is 15.3 Å². The molecule has 0 bridgehead atoms. The summed E-state index contributed by atoms with van der Waals surface area (Å²) in [5.41, 5.74) is 0.919. The third kappa shape index (κ3) is 4.89. The fraction of sp³-hybridized carbons (Fsp3) is 0.588. The number of carboxylic acid groups (broad SMARTS) is 1. The Labute approximate surface area is 139 Å². The molecule has 22 heavy (non-hydrogen) atoms. The lowest BCUT2D eigenvalue weighted by Crippen LogP contribution is -2.62. The van der Waals surface area contributed by atoms with Gasteiger partial charge in [-0.05, 0) is 46.1 Å². The van der Waals surface area contributed by atoms with Gasteiger partial charge in [-0.3, -0.25) is 0 Å². The quantitative estimate of drug-likeness (QED) is 0.885. The van der Waals surface area contributed by atoms with E-state index in [0.29, 0.717) is 6.54 Å². The number of nitrogens with zero attached hydrogens (tertiary/aromatic N) is 1. The highest BCUT2D eigenvalue weighted by atomic mass is 35.5. The van der Waals surface area contributed by atoms with E-state index in [1.54, 1.807) is 4.90 Å². The van der Waals surface area contributed by atoms with Gasteiger partial charge in [0.05, 0.1) is 0 Å². The average Bonchev–Trinajstić information content (AvgIpc) is 2.33. The van der Waals surface area contributed by atoms with Gasteiger partial charge in [-0.25, -0.2) is 4.79 Å². The number of benzene rings is 1. The lowest BCUT2D eigenvalue weighted by Gasteiger charge is -2.49. The number of rotatable bonds is 3. The standard InChI is InChI=1S/C17H26N2O2.ClH/c1-16(2)10-14(11-17(3,4)18-16)19(15(20)21)12-13-8-6-5-7-9-13;/h5-9,14,18H,10-12H2,1-4H3,(H,20,21);1H. The molecule has 0 unspecified atom stereocenters. The van der Waals surface area contributed by atoms with Crippen LogP contribution in [0.2, 0.25) is 0 Å². The van der Waals surface area contributed by atoms with Crippen molar-refractivity contribution in [2.24, 2.45) is 0 Å². The van der Waals surface area contributed by atoms with Crippen LogP contribution in [0.1, 0.15) is 46.1 Å². The van der Waals surface area contributed by atoms with E-state index in [0.717, 1.165) is 18.4 Å². The number of nitrogens with one attached hydrogen (secondary N) is 1. The number of amides is 1. The van der Waals surface area contributed by atoms with Crippen molar-refractivity contribution in [1.29, 1.82) is 0 Å². The molecule has 1 fully saturated rings. The Bertz CT molecular complexity index is 487. The van der Waals surface area contributed by atoms with Crippen LogP contribution in [0, 0.1) is 0 Å². The molecule has 0 atom stereocenters. The molecule has 0 radical (unpaired) electrons. The zero-order chi connectivity index (χ0) is 15.7. The van der Waals surface area contributed by atoms with Crippen molar-refractivity contribution < 1.29 is 9.90 Å². The lowest BCUT2D eigenvalue weighted by atomic mass is 9.79. The topological polar surface area (TPSA) is 52.6 Å². The predicted octanol–water partition coefficient (Wildman–Crippen LogP) is 3.90. The van der Waals surface area contributed by atoms with Gasteiger partial charge in [0.2, 0.25) is 0 Å². The summed E-state index contributed by atoms with van der Waals surface area (Å²) in [4.78, 5) is 13.3. The van der Waals surface area contributed by atoms with Gasteiger partial charge in [0, 0.05) is 23.7 Å². The average molecular weight is 327 g/mol. The summed E-state index contributed by atoms with van der Waals surface area (Å²) >= 11 is 0. The normalized spacial score (nSPS) is 20.0. The number of piperidine rings is 1. The molecule has 1 amide bonds. The smallest absolute Gasteiger partial charge is 0.407 e. The maximum absolute atomic E-state index is 11.7. The van der Waals surface area contributed by atoms with E-state index < -0.39 is 6.09 Å². The molecule has 1 heterocycles. The number of hydrogen-bond acceptors (Lipinski definition) is 2. The van der Waals surface area contributed by atoms with Crippen LogP contribution in [0.4, 0.5) is 4.79 Å². The molecule has 2 rings (SSSR count). The van der Waals surface area contributed by atoms with Crippen LogP contribution in [0.15, 0.2) is 30.3 Å². The Morgan fingerprint density at radius 1 is 1.18 bits per heavy atom. The predicted molar refractivity (Wildman–Crippen MR) is 91.6 cm³/mol. The number of carbonyl (C=O) groups is 1. The second-order valence-corrected chi connectivity index (χ2v) is 7.35. The minimum Gasteiger partial charge on any atom is -0.465 e. The van der Waals surface area contributed by atoms with Crippen LogP contribution in [-0.2, 0) is 6.54 Å². The molecule has 4 nitrogen and oxygen atoms in total. The monoisotopic (exact) mass is 326 g/mol. The number of hydrogen-bond donors (Lipinski definition) is 2. The van der Waals surface area contributed by atoms with Crippen LogP contribution >= 0.6 is 12.4 Å². The Morgan fingerprint density at radius 2 is 1.68 bits per heavy atom. The van der Waals surface area contributed by atoms with Gasteiger partial charge in [-0.15, -0.1) is 12.4 Å². The van der Waals surface area contributed by atoms with E-state index in [-0.39, 0.29) is 29.5 Å². The molecule has 2 N–H and O–H groups in total. The molecule has 0 aliphatic carbocycles. The Balaban J connectivity index is 0.00000242. The van der Waals surface area contributed by atoms with Crippen molar-refractivity contribution in [3.63, 3.8) is 0 Å². The van der Waals surface area contributed by atoms with Crippen LogP contribution in [0.3, 0.4) is 0 Å². The first-order valence-electron chi connectivity index (χ1n) is 7.51. The molecule has 5 heteroatoms. The van der Waals surface area contributed by atoms with E-state index in [1.807, 2.05) is 30.3 Å². The summed E-state index contributed by atoms with van der Waals surface area (Å²) in [6.45, 7) is 9.02. The minimum absolute atomic E-state index is 0. The van der Waals surface area contributed by atoms with Gasteiger partial charge in [0.1, 0.15) is 0 Å². The van der Waals surface area contributed by atoms with Crippen molar-refractivity contribution in [3.8, 4) is 0 Å². The second kappa shape index (κ2) is 6.88. The zero-order valence-corrected chi connectivity index (χ0v) is 14.6. The molecule has 1 aliphatic heterocycles. The summed E-state index contributed by atoms with van der Waals surface area (Å²) in [7, 11) is 0. The van der Waals surface area contributed by atoms with Gasteiger partial charge >= 0.3 is 6.09 Å². The molecule has 0 saturated carbocycles. The highest BCUT2D eigenvalue weighted by molar-refractivity contribution is 5.85. The van der Waals surface area contributed by atoms with Crippen LogP contribution < -0.4 is 5.32 Å². The Hall–Kier alpha value is -1.26. The molecular weight excluding hydrogens is 300 g/mol. The van der Waals surface area contributed by atoms with E-state index in [2.05, 4.69) is 33.0 Å². The molecule has 0 aromatic heterocycles. The summed E-state index contributed by atoms with van der Waals surface area (Å²) < 4.78 is 0. The van der Waals surface area contributed by atoms with Crippen molar-refractivity contribution in [3.05, 3.63) is 35.9 Å². The first-order valence-corrected chi connectivity index (χ1v) is 7.51. The first-order chi connectivity index (χ1) is 9.69. The summed E-state index contributed by atoms with van der Waals surface area (Å²) in [5.74, 6) is 0. The summed E-state index contributed by atoms with van der Waals surface area (Å²) in [5, 5.41) is 13.2. The third-order valence-electron chi connectivity index (χ3n) is 4.05. The van der Waals surface area contributed by atoms with E-state index in [9.17, 15) is 9.90 Å². The maximum Gasteiger partial charge on any atom is 0.407 e. The van der Waals surface area contributed by atoms with Crippen molar-refractivity contribution in [2.45, 2.75) is 64.2 Å². The van der Waals surface area contributed by atoms with E-state index in [4.69, 9.17) is 0 Å². The molecule has 1 saturated heterocycles. The molecule has 0 spiro atoms. The Morgan fingerprint density at radius 3 is 2.14 bits per heavy atom. The van der Waals surface area contributed by atoms with Crippen LogP contribution in [0.25, 0.3) is 0 Å². The Kier molecular flexibility index (Phi) is 5.88. The van der Waals surface area contributed by atoms with Crippen molar-refractivity contribution >= 4 is 18.5 Å². The molecular formula is C17H27ClN2O2. The van der Waals surface area contributed by atoms with Gasteiger partial charge in [0.25, 0.3) is 0 Å². The molecule has 1 aromatic rings. The highest BCUT2D eigenvalue weighted by Crippen LogP contribution is 2.32. The summed E-state index contributed by atoms with van der Waals surface area (Å²) in [6.07, 6.45) is 0.822. The van der Waals surface area contributed by atoms with E-state index >= 15 is 0 Å². The van der Waals surface area contributed by atoms with Gasteiger partial charge in [0.15, 0.2) is 0 Å². The second-order valence-electron chi connectivity index (χ2n) is 7.35. The fourth-order valence-electron chi connectivity index (χ4n) is 3.62. The van der Waals surface area contributed by atoms with E-state index in [1.165, 1.54) is 0 Å². The van der Waals surface area contributed by atoms with Gasteiger partial charge in [-0.2, -0.15) is 0 Å². The van der Waals surface area contributed by atoms with Gasteiger partial charge in [-0.1, -0.05) is 30.3 Å². The van der Waals surface area contributed by atoms with Crippen LogP contribution in [-0.4, -0.2) is 33.2 Å². The zero-order valence-electron chi connectivity index (χ0n) is 13.8. The molecule has 1 aromatic carbocycles. The largest absolute Gasteiger partial charge is 0.465 e. The fourth-order valence-corrected chi connectivity index (χ4v) is 3.62. The third-order valence-corrected chi connectivity index (χ3v) is 4.05. The minimum atomic E-state index is -0.836. The molecule has 1 aliphatic rings. The summed E-state index contributed by atoms with van der Waals surface area (Å²) in [6, 6.07) is 9.84. The number of halogens is 1. The van der Waals surface area contributed by atoms with Crippen molar-refractivity contribution in [2.75, 3.05) is 0 Å². The lowest BCUT2D eigenvalue weighted by molar-refractivity contribution is 0.0589. The molecule has 124 valence electrons. The highest BCUT2D eigenvalue weighted by Gasteiger charge is 2.41.